The van der Waals surface area contributed by atoms with Crippen LogP contribution in [0.15, 0.2) is 18.2 Å². The third-order valence-electron chi connectivity index (χ3n) is 10.5. The summed E-state index contributed by atoms with van der Waals surface area (Å²) in [6.07, 6.45) is 8.03. The fourth-order valence-corrected chi connectivity index (χ4v) is 7.75. The van der Waals surface area contributed by atoms with Gasteiger partial charge in [-0.15, -0.1) is 0 Å². The van der Waals surface area contributed by atoms with Crippen molar-refractivity contribution in [2.24, 2.45) is 23.7 Å². The lowest BCUT2D eigenvalue weighted by Gasteiger charge is -2.44. The molecule has 1 aromatic rings. The summed E-state index contributed by atoms with van der Waals surface area (Å²) in [5.74, 6) is 0.182. The Hall–Kier alpha value is -2.02. The summed E-state index contributed by atoms with van der Waals surface area (Å²) in [5, 5.41) is 0. The maximum Gasteiger partial charge on any atom is 0.227 e. The lowest BCUT2D eigenvalue weighted by molar-refractivity contribution is -0.138. The predicted molar refractivity (Wildman–Crippen MR) is 156 cm³/mol. The van der Waals surface area contributed by atoms with Crippen molar-refractivity contribution in [3.63, 3.8) is 0 Å². The van der Waals surface area contributed by atoms with Gasteiger partial charge in [0.05, 0.1) is 5.92 Å². The van der Waals surface area contributed by atoms with E-state index in [0.29, 0.717) is 36.4 Å². The van der Waals surface area contributed by atoms with E-state index in [-0.39, 0.29) is 34.7 Å². The molecule has 3 aliphatic rings. The first-order valence-corrected chi connectivity index (χ1v) is 15.4. The number of hydrogen-bond donors (Lipinski definition) is 0. The first-order valence-electron chi connectivity index (χ1n) is 15.4. The average molecular weight is 560 g/mol. The van der Waals surface area contributed by atoms with E-state index in [1.165, 1.54) is 37.8 Å². The summed E-state index contributed by atoms with van der Waals surface area (Å²) in [5.41, 5.74) is 0.0867. The first-order chi connectivity index (χ1) is 18.7. The molecule has 2 saturated heterocycles. The van der Waals surface area contributed by atoms with E-state index in [2.05, 4.69) is 39.5 Å². The summed E-state index contributed by atoms with van der Waals surface area (Å²) < 4.78 is 28.6. The number of hydrogen-bond acceptors (Lipinski definition) is 3. The van der Waals surface area contributed by atoms with Gasteiger partial charge in [0.25, 0.3) is 0 Å². The number of halogens is 2. The smallest absolute Gasteiger partial charge is 0.227 e. The Morgan fingerprint density at radius 1 is 0.975 bits per heavy atom. The Labute approximate surface area is 240 Å². The summed E-state index contributed by atoms with van der Waals surface area (Å²) in [7, 11) is 1.91. The number of benzene rings is 1. The van der Waals surface area contributed by atoms with Crippen molar-refractivity contribution >= 4 is 11.8 Å². The van der Waals surface area contributed by atoms with Crippen LogP contribution in [0.5, 0.6) is 0 Å². The number of nitrogens with zero attached hydrogens (tertiary/aromatic N) is 3. The molecule has 1 saturated carbocycles. The van der Waals surface area contributed by atoms with Crippen LogP contribution in [0.1, 0.15) is 98.0 Å². The largest absolute Gasteiger partial charge is 0.342 e. The molecule has 0 bridgehead atoms. The summed E-state index contributed by atoms with van der Waals surface area (Å²) in [4.78, 5) is 32.4. The molecule has 0 aromatic heterocycles. The predicted octanol–water partition coefficient (Wildman–Crippen LogP) is 6.47. The lowest BCUT2D eigenvalue weighted by atomic mass is 9.70. The molecule has 2 heterocycles. The minimum atomic E-state index is -0.591. The Morgan fingerprint density at radius 2 is 1.57 bits per heavy atom. The van der Waals surface area contributed by atoms with Gasteiger partial charge in [0.15, 0.2) is 0 Å². The van der Waals surface area contributed by atoms with Crippen LogP contribution in [-0.2, 0) is 9.59 Å². The van der Waals surface area contributed by atoms with E-state index in [1.807, 2.05) is 16.8 Å². The molecule has 4 rings (SSSR count). The van der Waals surface area contributed by atoms with Crippen LogP contribution in [0, 0.1) is 35.3 Å². The molecule has 3 fully saturated rings. The second-order valence-electron chi connectivity index (χ2n) is 14.4. The molecule has 7 heteroatoms. The minimum absolute atomic E-state index is 0.101. The quantitative estimate of drug-likeness (QED) is 0.385. The van der Waals surface area contributed by atoms with Gasteiger partial charge in [-0.3, -0.25) is 14.5 Å². The number of piperidine rings is 1. The number of amides is 2. The Bertz CT molecular complexity index is 1050. The third kappa shape index (κ3) is 6.71. The van der Waals surface area contributed by atoms with Gasteiger partial charge < -0.3 is 9.80 Å². The number of rotatable bonds is 7. The fraction of sp³-hybridized carbons (Fsp3) is 0.758. The molecule has 3 atom stereocenters. The maximum atomic E-state index is 14.9. The van der Waals surface area contributed by atoms with Gasteiger partial charge in [0.2, 0.25) is 11.8 Å². The highest BCUT2D eigenvalue weighted by Gasteiger charge is 2.46. The van der Waals surface area contributed by atoms with Crippen molar-refractivity contribution in [3.05, 3.63) is 35.4 Å². The summed E-state index contributed by atoms with van der Waals surface area (Å²) in [6, 6.07) is 3.77. The second-order valence-corrected chi connectivity index (χ2v) is 14.4. The Kier molecular flexibility index (Phi) is 9.33. The van der Waals surface area contributed by atoms with Gasteiger partial charge in [0, 0.05) is 63.2 Å². The average Bonchev–Trinajstić information content (AvgIpc) is 3.57. The van der Waals surface area contributed by atoms with Crippen molar-refractivity contribution in [1.29, 1.82) is 0 Å². The zero-order valence-electron chi connectivity index (χ0n) is 25.8. The lowest BCUT2D eigenvalue weighted by Crippen LogP contribution is -2.49. The van der Waals surface area contributed by atoms with Crippen molar-refractivity contribution in [2.75, 3.05) is 33.2 Å². The Morgan fingerprint density at radius 3 is 2.12 bits per heavy atom. The zero-order chi connectivity index (χ0) is 29.4. The van der Waals surface area contributed by atoms with Crippen molar-refractivity contribution in [1.82, 2.24) is 14.7 Å². The topological polar surface area (TPSA) is 43.9 Å². The molecule has 1 aliphatic carbocycles. The number of likely N-dealkylation sites (tertiary alicyclic amines) is 2. The highest BCUT2D eigenvalue weighted by atomic mass is 19.1. The number of carbonyl (C=O) groups is 2. The van der Waals surface area contributed by atoms with Gasteiger partial charge in [0.1, 0.15) is 11.6 Å². The molecule has 2 aliphatic heterocycles. The molecule has 1 aromatic carbocycles. The second kappa shape index (κ2) is 12.1. The third-order valence-corrected chi connectivity index (χ3v) is 10.5. The van der Waals surface area contributed by atoms with E-state index in [9.17, 15) is 18.4 Å². The molecule has 1 unspecified atom stereocenters. The van der Waals surface area contributed by atoms with Crippen molar-refractivity contribution in [3.8, 4) is 0 Å². The fourth-order valence-electron chi connectivity index (χ4n) is 7.75. The van der Waals surface area contributed by atoms with Crippen molar-refractivity contribution in [2.45, 2.75) is 103 Å². The van der Waals surface area contributed by atoms with Crippen LogP contribution >= 0.6 is 0 Å². The molecule has 40 heavy (non-hydrogen) atoms. The highest BCUT2D eigenvalue weighted by Crippen LogP contribution is 2.45. The van der Waals surface area contributed by atoms with E-state index >= 15 is 0 Å². The highest BCUT2D eigenvalue weighted by molar-refractivity contribution is 5.81. The van der Waals surface area contributed by atoms with Gasteiger partial charge in [-0.2, -0.15) is 0 Å². The van der Waals surface area contributed by atoms with E-state index in [0.717, 1.165) is 38.4 Å². The van der Waals surface area contributed by atoms with Gasteiger partial charge in [-0.1, -0.05) is 31.7 Å². The van der Waals surface area contributed by atoms with Gasteiger partial charge in [-0.25, -0.2) is 8.78 Å². The Balaban J connectivity index is 1.48. The summed E-state index contributed by atoms with van der Waals surface area (Å²) >= 11 is 0. The van der Waals surface area contributed by atoms with Crippen LogP contribution in [0.2, 0.25) is 0 Å². The van der Waals surface area contributed by atoms with Gasteiger partial charge >= 0.3 is 0 Å². The van der Waals surface area contributed by atoms with E-state index in [1.54, 1.807) is 6.92 Å². The molecular weight excluding hydrogens is 508 g/mol. The molecule has 5 nitrogen and oxygen atoms in total. The summed E-state index contributed by atoms with van der Waals surface area (Å²) in [6.45, 7) is 15.0. The first kappa shape index (κ1) is 30.9. The van der Waals surface area contributed by atoms with Crippen LogP contribution < -0.4 is 0 Å². The van der Waals surface area contributed by atoms with Crippen LogP contribution in [0.4, 0.5) is 8.78 Å². The molecule has 2 amide bonds. The molecule has 0 spiro atoms. The van der Waals surface area contributed by atoms with E-state index < -0.39 is 11.6 Å². The SMILES string of the molecule is CC(=O)N(C)C(C)(C)CC(C1CCCC1)C1CCN(C(=O)[C@@H]2CN(C(C)(C)C)C[C@H]2c2ccc(F)cc2F)CC1. The van der Waals surface area contributed by atoms with Gasteiger partial charge in [-0.05, 0) is 83.3 Å². The molecular formula is C33H51F2N3O2. The van der Waals surface area contributed by atoms with Crippen LogP contribution in [-0.4, -0.2) is 70.8 Å². The monoisotopic (exact) mass is 559 g/mol. The van der Waals surface area contributed by atoms with Crippen LogP contribution in [0.25, 0.3) is 0 Å². The molecule has 0 radical (unpaired) electrons. The van der Waals surface area contributed by atoms with E-state index in [4.69, 9.17) is 0 Å². The minimum Gasteiger partial charge on any atom is -0.342 e. The maximum absolute atomic E-state index is 14.9. The zero-order valence-corrected chi connectivity index (χ0v) is 25.8. The number of carbonyl (C=O) groups excluding carboxylic acids is 2. The molecule has 0 N–H and O–H groups in total. The van der Waals surface area contributed by atoms with Crippen molar-refractivity contribution < 1.29 is 18.4 Å². The molecule has 224 valence electrons. The van der Waals surface area contributed by atoms with Crippen LogP contribution in [0.3, 0.4) is 0 Å². The normalized spacial score (nSPS) is 24.5. The standard InChI is InChI=1S/C33H51F2N3O2/c1-22(39)36(7)33(5,6)19-27(23-10-8-9-11-23)24-14-16-37(17-15-24)31(40)29-21-38(32(2,3)4)20-28(29)26-13-12-25(34)18-30(26)35/h12-13,18,23-24,27-29H,8-11,14-17,19-21H2,1-7H3/t27?,28-,29+/m0/s1.